The average molecular weight is 401 g/mol. The van der Waals surface area contributed by atoms with Crippen LogP contribution >= 0.6 is 0 Å². The van der Waals surface area contributed by atoms with E-state index in [1.54, 1.807) is 6.07 Å². The lowest BCUT2D eigenvalue weighted by Gasteiger charge is -2.17. The third-order valence-corrected chi connectivity index (χ3v) is 5.16. The van der Waals surface area contributed by atoms with Crippen molar-refractivity contribution in [3.05, 3.63) is 29.5 Å². The van der Waals surface area contributed by atoms with Gasteiger partial charge in [-0.1, -0.05) is 25.7 Å². The molecule has 29 heavy (non-hydrogen) atoms. The Hall–Kier alpha value is -3.03. The molecule has 2 amide bonds. The van der Waals surface area contributed by atoms with Gasteiger partial charge in [0.1, 0.15) is 0 Å². The van der Waals surface area contributed by atoms with Crippen LogP contribution in [-0.2, 0) is 0 Å². The molecule has 156 valence electrons. The Morgan fingerprint density at radius 2 is 1.79 bits per heavy atom. The lowest BCUT2D eigenvalue weighted by Crippen LogP contribution is -2.28. The van der Waals surface area contributed by atoms with E-state index in [9.17, 15) is 14.7 Å². The highest BCUT2D eigenvalue weighted by Crippen LogP contribution is 2.38. The second-order valence-corrected chi connectivity index (χ2v) is 7.21. The smallest absolute Gasteiger partial charge is 0.337 e. The Morgan fingerprint density at radius 3 is 2.34 bits per heavy atom. The SMILES string of the molecule is CCNC(N)=O.O=C(O)c1cc2cc3c(cc2nc1C1CCCCCC1)OCO3. The Morgan fingerprint density at radius 1 is 1.14 bits per heavy atom. The van der Waals surface area contributed by atoms with Crippen molar-refractivity contribution in [3.8, 4) is 11.5 Å². The molecular weight excluding hydrogens is 374 g/mol. The number of carboxylic acids is 1. The molecule has 2 aliphatic rings. The van der Waals surface area contributed by atoms with Gasteiger partial charge in [0.05, 0.1) is 16.8 Å². The first kappa shape index (κ1) is 20.7. The number of benzene rings is 1. The molecule has 1 aliphatic carbocycles. The third kappa shape index (κ3) is 5.07. The second-order valence-electron chi connectivity index (χ2n) is 7.21. The Kier molecular flexibility index (Phi) is 6.74. The molecule has 1 aromatic heterocycles. The molecule has 8 heteroatoms. The first-order chi connectivity index (χ1) is 14.0. The second kappa shape index (κ2) is 9.45. The van der Waals surface area contributed by atoms with Crippen molar-refractivity contribution >= 4 is 22.9 Å². The minimum Gasteiger partial charge on any atom is -0.478 e. The summed E-state index contributed by atoms with van der Waals surface area (Å²) in [7, 11) is 0. The molecule has 1 aliphatic heterocycles. The predicted molar refractivity (Wildman–Crippen MR) is 109 cm³/mol. The van der Waals surface area contributed by atoms with Crippen LogP contribution < -0.4 is 20.5 Å². The zero-order valence-electron chi connectivity index (χ0n) is 16.6. The molecule has 0 saturated heterocycles. The maximum absolute atomic E-state index is 11.7. The summed E-state index contributed by atoms with van der Waals surface area (Å²) >= 11 is 0. The maximum atomic E-state index is 11.7. The molecule has 0 atom stereocenters. The minimum absolute atomic E-state index is 0.201. The number of pyridine rings is 1. The fraction of sp³-hybridized carbons (Fsp3) is 0.476. The molecule has 4 N–H and O–H groups in total. The van der Waals surface area contributed by atoms with E-state index >= 15 is 0 Å². The highest BCUT2D eigenvalue weighted by Gasteiger charge is 2.24. The molecule has 0 unspecified atom stereocenters. The molecular formula is C21H27N3O5. The number of primary amides is 1. The van der Waals surface area contributed by atoms with Crippen LogP contribution in [0.2, 0.25) is 0 Å². The van der Waals surface area contributed by atoms with Gasteiger partial charge in [-0.2, -0.15) is 0 Å². The summed E-state index contributed by atoms with van der Waals surface area (Å²) in [5.74, 6) is 0.660. The van der Waals surface area contributed by atoms with Crippen LogP contribution in [0.15, 0.2) is 18.2 Å². The number of carbonyl (C=O) groups excluding carboxylic acids is 1. The number of nitrogens with one attached hydrogen (secondary N) is 1. The van der Waals surface area contributed by atoms with E-state index in [2.05, 4.69) is 11.1 Å². The van der Waals surface area contributed by atoms with Gasteiger partial charge in [0.2, 0.25) is 6.79 Å². The summed E-state index contributed by atoms with van der Waals surface area (Å²) in [6.45, 7) is 2.62. The highest BCUT2D eigenvalue weighted by atomic mass is 16.7. The van der Waals surface area contributed by atoms with Crippen molar-refractivity contribution in [2.24, 2.45) is 5.73 Å². The van der Waals surface area contributed by atoms with Gasteiger partial charge in [-0.25, -0.2) is 9.59 Å². The van der Waals surface area contributed by atoms with Crippen molar-refractivity contribution in [1.82, 2.24) is 10.3 Å². The van der Waals surface area contributed by atoms with Crippen LogP contribution in [0.25, 0.3) is 10.9 Å². The van der Waals surface area contributed by atoms with Crippen molar-refractivity contribution in [2.75, 3.05) is 13.3 Å². The quantitative estimate of drug-likeness (QED) is 0.673. The Balaban J connectivity index is 0.000000353. The van der Waals surface area contributed by atoms with Gasteiger partial charge >= 0.3 is 12.0 Å². The molecule has 8 nitrogen and oxygen atoms in total. The largest absolute Gasteiger partial charge is 0.478 e. The van der Waals surface area contributed by atoms with Gasteiger partial charge in [0.25, 0.3) is 0 Å². The number of carbonyl (C=O) groups is 2. The zero-order valence-corrected chi connectivity index (χ0v) is 16.6. The van der Waals surface area contributed by atoms with E-state index in [1.165, 1.54) is 12.8 Å². The molecule has 2 aromatic rings. The molecule has 4 rings (SSSR count). The van der Waals surface area contributed by atoms with Gasteiger partial charge < -0.3 is 25.6 Å². The number of rotatable bonds is 3. The number of aromatic nitrogens is 1. The molecule has 0 spiro atoms. The van der Waals surface area contributed by atoms with Gasteiger partial charge in [0.15, 0.2) is 11.5 Å². The molecule has 0 bridgehead atoms. The molecule has 2 heterocycles. The number of amides is 2. The molecule has 0 radical (unpaired) electrons. The monoisotopic (exact) mass is 401 g/mol. The van der Waals surface area contributed by atoms with Gasteiger partial charge in [-0.15, -0.1) is 0 Å². The Bertz CT molecular complexity index is 892. The molecule has 1 saturated carbocycles. The lowest BCUT2D eigenvalue weighted by atomic mass is 9.92. The Labute approximate surface area is 169 Å². The summed E-state index contributed by atoms with van der Waals surface area (Å²) in [4.78, 5) is 26.2. The first-order valence-electron chi connectivity index (χ1n) is 10.0. The summed E-state index contributed by atoms with van der Waals surface area (Å²) in [6.07, 6.45) is 6.78. The molecule has 1 aromatic carbocycles. The number of fused-ring (bicyclic) bond motifs is 2. The third-order valence-electron chi connectivity index (χ3n) is 5.16. The normalized spacial score (nSPS) is 15.9. The first-order valence-corrected chi connectivity index (χ1v) is 10.0. The van der Waals surface area contributed by atoms with Crippen molar-refractivity contribution in [3.63, 3.8) is 0 Å². The number of nitrogens with two attached hydrogens (primary N) is 1. The van der Waals surface area contributed by atoms with E-state index < -0.39 is 12.0 Å². The summed E-state index contributed by atoms with van der Waals surface area (Å²) in [5.41, 5.74) is 6.48. The van der Waals surface area contributed by atoms with Gasteiger partial charge in [0, 0.05) is 23.9 Å². The van der Waals surface area contributed by atoms with Gasteiger partial charge in [-0.05, 0) is 31.9 Å². The topological polar surface area (TPSA) is 124 Å². The summed E-state index contributed by atoms with van der Waals surface area (Å²) in [6, 6.07) is 4.93. The standard InChI is InChI=1S/C18H19NO4.C3H8N2O/c20-18(21)13-7-12-8-15-16(23-10-22-15)9-14(12)19-17(13)11-5-3-1-2-4-6-11;1-2-5-3(4)6/h7-9,11H,1-6,10H2,(H,20,21);2H2,1H3,(H3,4,5,6). The number of carboxylic acid groups (broad SMARTS) is 1. The van der Waals surface area contributed by atoms with E-state index in [4.69, 9.17) is 14.5 Å². The zero-order chi connectivity index (χ0) is 20.8. The average Bonchev–Trinajstić information content (AvgIpc) is 2.96. The maximum Gasteiger partial charge on any atom is 0.337 e. The highest BCUT2D eigenvalue weighted by molar-refractivity contribution is 5.95. The number of nitrogens with zero attached hydrogens (tertiary/aromatic N) is 1. The van der Waals surface area contributed by atoms with Crippen LogP contribution in [0.3, 0.4) is 0 Å². The van der Waals surface area contributed by atoms with Crippen LogP contribution in [-0.4, -0.2) is 35.4 Å². The predicted octanol–water partition coefficient (Wildman–Crippen LogP) is 3.77. The molecule has 1 fully saturated rings. The number of aromatic carboxylic acids is 1. The number of ether oxygens (including phenoxy) is 2. The van der Waals surface area contributed by atoms with Crippen LogP contribution in [0.5, 0.6) is 11.5 Å². The van der Waals surface area contributed by atoms with Crippen molar-refractivity contribution in [2.45, 2.75) is 51.4 Å². The number of hydrogen-bond donors (Lipinski definition) is 3. The summed E-state index contributed by atoms with van der Waals surface area (Å²) in [5, 5.41) is 12.8. The minimum atomic E-state index is -0.906. The van der Waals surface area contributed by atoms with E-state index in [0.29, 0.717) is 23.6 Å². The van der Waals surface area contributed by atoms with Crippen LogP contribution in [0.1, 0.15) is 67.4 Å². The summed E-state index contributed by atoms with van der Waals surface area (Å²) < 4.78 is 10.8. The number of urea groups is 1. The fourth-order valence-corrected chi connectivity index (χ4v) is 3.79. The van der Waals surface area contributed by atoms with Crippen molar-refractivity contribution in [1.29, 1.82) is 0 Å². The van der Waals surface area contributed by atoms with Crippen molar-refractivity contribution < 1.29 is 24.2 Å². The van der Waals surface area contributed by atoms with E-state index in [1.807, 2.05) is 19.1 Å². The van der Waals surface area contributed by atoms with Crippen LogP contribution in [0.4, 0.5) is 4.79 Å². The van der Waals surface area contributed by atoms with Crippen LogP contribution in [0, 0.1) is 0 Å². The van der Waals surface area contributed by atoms with E-state index in [-0.39, 0.29) is 12.7 Å². The van der Waals surface area contributed by atoms with E-state index in [0.717, 1.165) is 42.3 Å². The lowest BCUT2D eigenvalue weighted by molar-refractivity contribution is 0.0694. The van der Waals surface area contributed by atoms with Gasteiger partial charge in [-0.3, -0.25) is 4.98 Å². The fourth-order valence-electron chi connectivity index (χ4n) is 3.79. The number of hydrogen-bond acceptors (Lipinski definition) is 5.